The Hall–Kier alpha value is -0.910. The van der Waals surface area contributed by atoms with Crippen LogP contribution in [-0.4, -0.2) is 6.54 Å². The molecule has 0 radical (unpaired) electrons. The van der Waals surface area contributed by atoms with Crippen LogP contribution in [-0.2, 0) is 0 Å². The van der Waals surface area contributed by atoms with Crippen LogP contribution in [0.25, 0.3) is 0 Å². The molecular weight excluding hydrogens is 332 g/mol. The van der Waals surface area contributed by atoms with Crippen LogP contribution in [0.1, 0.15) is 10.8 Å². The minimum atomic E-state index is -0.449. The van der Waals surface area contributed by atoms with E-state index in [9.17, 15) is 8.78 Å². The highest BCUT2D eigenvalue weighted by atomic mass is 79.9. The van der Waals surface area contributed by atoms with Gasteiger partial charge in [0, 0.05) is 21.2 Å². The molecule has 0 bridgehead atoms. The molecule has 2 N–H and O–H groups in total. The summed E-state index contributed by atoms with van der Waals surface area (Å²) >= 11 is 4.59. The minimum absolute atomic E-state index is 0.107. The molecule has 0 spiro atoms. The van der Waals surface area contributed by atoms with Crippen molar-refractivity contribution in [3.8, 4) is 0 Å². The fourth-order valence-corrected chi connectivity index (χ4v) is 2.97. The molecule has 1 atom stereocenters. The summed E-state index contributed by atoms with van der Waals surface area (Å²) in [6.07, 6.45) is 0. The standard InChI is InChI=1S/C14H12BrF2NS/c15-10-3-1-9(2-4-10)14(8-18)19-13-7-11(16)5-6-12(13)17/h1-7,14H,8,18H2. The fourth-order valence-electron chi connectivity index (χ4n) is 1.65. The first-order valence-corrected chi connectivity index (χ1v) is 7.34. The van der Waals surface area contributed by atoms with Gasteiger partial charge in [0.05, 0.1) is 0 Å². The average molecular weight is 344 g/mol. The summed E-state index contributed by atoms with van der Waals surface area (Å²) in [7, 11) is 0. The van der Waals surface area contributed by atoms with Crippen molar-refractivity contribution in [3.05, 3.63) is 64.1 Å². The molecule has 1 unspecified atom stereocenters. The zero-order valence-electron chi connectivity index (χ0n) is 9.95. The van der Waals surface area contributed by atoms with Crippen molar-refractivity contribution in [2.75, 3.05) is 6.54 Å². The Bertz CT molecular complexity index is 560. The van der Waals surface area contributed by atoms with E-state index in [2.05, 4.69) is 15.9 Å². The molecule has 100 valence electrons. The van der Waals surface area contributed by atoms with E-state index in [0.29, 0.717) is 6.54 Å². The predicted octanol–water partition coefficient (Wildman–Crippen LogP) is 4.52. The fraction of sp³-hybridized carbons (Fsp3) is 0.143. The summed E-state index contributed by atoms with van der Waals surface area (Å²) < 4.78 is 27.7. The van der Waals surface area contributed by atoms with Gasteiger partial charge in [-0.15, -0.1) is 11.8 Å². The molecular formula is C14H12BrF2NS. The number of thioether (sulfide) groups is 1. The first-order valence-electron chi connectivity index (χ1n) is 5.67. The van der Waals surface area contributed by atoms with Crippen LogP contribution >= 0.6 is 27.7 Å². The van der Waals surface area contributed by atoms with Crippen LogP contribution in [0, 0.1) is 11.6 Å². The molecule has 19 heavy (non-hydrogen) atoms. The van der Waals surface area contributed by atoms with E-state index >= 15 is 0 Å². The summed E-state index contributed by atoms with van der Waals surface area (Å²) in [4.78, 5) is 0.276. The van der Waals surface area contributed by atoms with Gasteiger partial charge in [-0.1, -0.05) is 28.1 Å². The summed E-state index contributed by atoms with van der Waals surface area (Å²) in [6.45, 7) is 0.349. The van der Waals surface area contributed by atoms with Gasteiger partial charge < -0.3 is 5.73 Å². The number of hydrogen-bond donors (Lipinski definition) is 1. The topological polar surface area (TPSA) is 26.0 Å². The smallest absolute Gasteiger partial charge is 0.136 e. The first kappa shape index (κ1) is 14.5. The highest BCUT2D eigenvalue weighted by Crippen LogP contribution is 2.36. The lowest BCUT2D eigenvalue weighted by atomic mass is 10.1. The summed E-state index contributed by atoms with van der Waals surface area (Å²) in [6, 6.07) is 11.1. The van der Waals surface area contributed by atoms with Gasteiger partial charge in [-0.3, -0.25) is 0 Å². The number of halogens is 3. The van der Waals surface area contributed by atoms with Gasteiger partial charge >= 0.3 is 0 Å². The third-order valence-electron chi connectivity index (χ3n) is 2.62. The molecule has 1 nitrogen and oxygen atoms in total. The summed E-state index contributed by atoms with van der Waals surface area (Å²) in [5.74, 6) is -0.877. The SMILES string of the molecule is NCC(Sc1cc(F)ccc1F)c1ccc(Br)cc1. The lowest BCUT2D eigenvalue weighted by Crippen LogP contribution is -2.09. The molecule has 0 saturated carbocycles. The zero-order chi connectivity index (χ0) is 13.8. The normalized spacial score (nSPS) is 12.4. The molecule has 0 fully saturated rings. The summed E-state index contributed by atoms with van der Waals surface area (Å²) in [5, 5.41) is -0.107. The summed E-state index contributed by atoms with van der Waals surface area (Å²) in [5.41, 5.74) is 6.72. The number of rotatable bonds is 4. The maximum Gasteiger partial charge on any atom is 0.136 e. The van der Waals surface area contributed by atoms with Gasteiger partial charge in [0.2, 0.25) is 0 Å². The van der Waals surface area contributed by atoms with Gasteiger partial charge in [0.1, 0.15) is 11.6 Å². The number of benzene rings is 2. The lowest BCUT2D eigenvalue weighted by Gasteiger charge is -2.15. The first-order chi connectivity index (χ1) is 9.10. The second kappa shape index (κ2) is 6.50. The zero-order valence-corrected chi connectivity index (χ0v) is 12.3. The van der Waals surface area contributed by atoms with Crippen molar-refractivity contribution >= 4 is 27.7 Å². The van der Waals surface area contributed by atoms with Crippen molar-refractivity contribution in [2.45, 2.75) is 10.1 Å². The average Bonchev–Trinajstić information content (AvgIpc) is 2.41. The molecule has 0 aromatic heterocycles. The molecule has 0 aliphatic carbocycles. The Morgan fingerprint density at radius 3 is 2.42 bits per heavy atom. The van der Waals surface area contributed by atoms with E-state index in [1.165, 1.54) is 17.8 Å². The van der Waals surface area contributed by atoms with E-state index < -0.39 is 11.6 Å². The van der Waals surface area contributed by atoms with E-state index in [-0.39, 0.29) is 10.1 Å². The van der Waals surface area contributed by atoms with Crippen LogP contribution in [0.5, 0.6) is 0 Å². The van der Waals surface area contributed by atoms with Crippen LogP contribution in [0.3, 0.4) is 0 Å². The Kier molecular flexibility index (Phi) is 4.96. The molecule has 2 aromatic carbocycles. The van der Waals surface area contributed by atoms with Gasteiger partial charge in [-0.25, -0.2) is 8.78 Å². The van der Waals surface area contributed by atoms with Crippen LogP contribution in [0.2, 0.25) is 0 Å². The van der Waals surface area contributed by atoms with E-state index in [0.717, 1.165) is 22.2 Å². The van der Waals surface area contributed by atoms with Gasteiger partial charge in [0.25, 0.3) is 0 Å². The minimum Gasteiger partial charge on any atom is -0.329 e. The van der Waals surface area contributed by atoms with Crippen LogP contribution < -0.4 is 5.73 Å². The molecule has 2 aromatic rings. The highest BCUT2D eigenvalue weighted by molar-refractivity contribution is 9.10. The van der Waals surface area contributed by atoms with E-state index in [4.69, 9.17) is 5.73 Å². The van der Waals surface area contributed by atoms with Gasteiger partial charge in [-0.2, -0.15) is 0 Å². The van der Waals surface area contributed by atoms with E-state index in [1.54, 1.807) is 0 Å². The number of hydrogen-bond acceptors (Lipinski definition) is 2. The molecule has 0 heterocycles. The molecule has 5 heteroatoms. The quantitative estimate of drug-likeness (QED) is 0.826. The Morgan fingerprint density at radius 1 is 1.11 bits per heavy atom. The molecule has 0 saturated heterocycles. The second-order valence-electron chi connectivity index (χ2n) is 3.97. The molecule has 0 aliphatic rings. The van der Waals surface area contributed by atoms with Crippen molar-refractivity contribution in [1.29, 1.82) is 0 Å². The van der Waals surface area contributed by atoms with Crippen LogP contribution in [0.4, 0.5) is 8.78 Å². The molecule has 0 amide bonds. The predicted molar refractivity (Wildman–Crippen MR) is 78.2 cm³/mol. The maximum absolute atomic E-state index is 13.6. The van der Waals surface area contributed by atoms with Crippen molar-refractivity contribution in [1.82, 2.24) is 0 Å². The molecule has 2 rings (SSSR count). The van der Waals surface area contributed by atoms with Gasteiger partial charge in [0.15, 0.2) is 0 Å². The Labute approximate surface area is 123 Å². The monoisotopic (exact) mass is 343 g/mol. The van der Waals surface area contributed by atoms with Gasteiger partial charge in [-0.05, 0) is 35.9 Å². The maximum atomic E-state index is 13.6. The Morgan fingerprint density at radius 2 is 1.79 bits per heavy atom. The third kappa shape index (κ3) is 3.78. The number of nitrogens with two attached hydrogens (primary N) is 1. The van der Waals surface area contributed by atoms with Crippen LogP contribution in [0.15, 0.2) is 51.8 Å². The van der Waals surface area contributed by atoms with Crippen molar-refractivity contribution in [3.63, 3.8) is 0 Å². The van der Waals surface area contributed by atoms with Crippen molar-refractivity contribution < 1.29 is 8.78 Å². The Balaban J connectivity index is 2.23. The largest absolute Gasteiger partial charge is 0.329 e. The van der Waals surface area contributed by atoms with Crippen molar-refractivity contribution in [2.24, 2.45) is 5.73 Å². The highest BCUT2D eigenvalue weighted by Gasteiger charge is 2.14. The third-order valence-corrected chi connectivity index (χ3v) is 4.46. The van der Waals surface area contributed by atoms with E-state index in [1.807, 2.05) is 24.3 Å². The molecule has 0 aliphatic heterocycles. The lowest BCUT2D eigenvalue weighted by molar-refractivity contribution is 0.576. The second-order valence-corrected chi connectivity index (χ2v) is 6.13.